The van der Waals surface area contributed by atoms with Crippen LogP contribution in [0.25, 0.3) is 0 Å². The number of carbonyl (C=O) groups is 1. The molecule has 0 aliphatic heterocycles. The lowest BCUT2D eigenvalue weighted by molar-refractivity contribution is 0.0754. The van der Waals surface area contributed by atoms with E-state index in [0.29, 0.717) is 11.5 Å². The number of rotatable bonds is 8. The smallest absolute Gasteiger partial charge is 0.256 e. The molecule has 5 nitrogen and oxygen atoms in total. The zero-order chi connectivity index (χ0) is 18.2. The van der Waals surface area contributed by atoms with E-state index in [1.54, 1.807) is 12.4 Å². The van der Waals surface area contributed by atoms with Crippen molar-refractivity contribution in [3.05, 3.63) is 47.8 Å². The van der Waals surface area contributed by atoms with Crippen molar-refractivity contribution in [3.63, 3.8) is 0 Å². The fraction of sp³-hybridized carbons (Fsp3) is 0.450. The highest BCUT2D eigenvalue weighted by molar-refractivity contribution is 5.93. The molecule has 0 fully saturated rings. The molecule has 0 aliphatic rings. The molecule has 0 saturated carbocycles. The van der Waals surface area contributed by atoms with Crippen molar-refractivity contribution in [1.82, 2.24) is 14.9 Å². The van der Waals surface area contributed by atoms with Gasteiger partial charge in [-0.3, -0.25) is 4.79 Å². The molecule has 25 heavy (non-hydrogen) atoms. The van der Waals surface area contributed by atoms with E-state index in [1.165, 1.54) is 5.56 Å². The highest BCUT2D eigenvalue weighted by atomic mass is 16.2. The van der Waals surface area contributed by atoms with E-state index >= 15 is 0 Å². The second-order valence-electron chi connectivity index (χ2n) is 6.15. The zero-order valence-electron chi connectivity index (χ0n) is 15.7. The Balaban J connectivity index is 2.21. The maximum atomic E-state index is 12.6. The molecule has 1 aromatic heterocycles. The molecule has 0 unspecified atom stereocenters. The van der Waals surface area contributed by atoms with Gasteiger partial charge in [-0.2, -0.15) is 0 Å². The van der Waals surface area contributed by atoms with Crippen molar-refractivity contribution in [3.8, 4) is 0 Å². The minimum Gasteiger partial charge on any atom is -0.339 e. The van der Waals surface area contributed by atoms with Crippen LogP contribution in [-0.2, 0) is 0 Å². The topological polar surface area (TPSA) is 49.3 Å². The number of carbonyl (C=O) groups excluding carboxylic acids is 1. The predicted octanol–water partition coefficient (Wildman–Crippen LogP) is 4.21. The lowest BCUT2D eigenvalue weighted by Crippen LogP contribution is -2.32. The molecule has 0 aliphatic carbocycles. The minimum atomic E-state index is 0.00820. The number of hydrogen-bond donors (Lipinski definition) is 0. The van der Waals surface area contributed by atoms with E-state index in [2.05, 4.69) is 49.8 Å². The number of amides is 1. The number of anilines is 2. The third-order valence-electron chi connectivity index (χ3n) is 4.03. The Morgan fingerprint density at radius 1 is 1.04 bits per heavy atom. The fourth-order valence-corrected chi connectivity index (χ4v) is 2.84. The van der Waals surface area contributed by atoms with Gasteiger partial charge in [0.25, 0.3) is 5.91 Å². The Hall–Kier alpha value is -2.43. The van der Waals surface area contributed by atoms with Crippen molar-refractivity contribution < 1.29 is 4.79 Å². The monoisotopic (exact) mass is 340 g/mol. The molecule has 0 spiro atoms. The normalized spacial score (nSPS) is 10.6. The van der Waals surface area contributed by atoms with Crippen LogP contribution in [0.15, 0.2) is 36.7 Å². The molecule has 2 rings (SSSR count). The Kier molecular flexibility index (Phi) is 6.92. The van der Waals surface area contributed by atoms with Crippen LogP contribution in [-0.4, -0.2) is 40.4 Å². The van der Waals surface area contributed by atoms with Crippen LogP contribution in [0.2, 0.25) is 0 Å². The molecular formula is C20H28N4O. The molecule has 1 aromatic carbocycles. The number of benzene rings is 1. The first-order chi connectivity index (χ1) is 12.1. The summed E-state index contributed by atoms with van der Waals surface area (Å²) in [5.74, 6) is 0.621. The summed E-state index contributed by atoms with van der Waals surface area (Å²) >= 11 is 0. The van der Waals surface area contributed by atoms with Crippen LogP contribution in [0.1, 0.15) is 49.5 Å². The highest BCUT2D eigenvalue weighted by Crippen LogP contribution is 2.22. The molecule has 0 atom stereocenters. The SMILES string of the molecule is CCCN(CCC)C(=O)c1cnc(N(CC)c2cccc(C)c2)nc1. The minimum absolute atomic E-state index is 0.00820. The largest absolute Gasteiger partial charge is 0.339 e. The van der Waals surface area contributed by atoms with E-state index < -0.39 is 0 Å². The molecule has 134 valence electrons. The Morgan fingerprint density at radius 3 is 2.20 bits per heavy atom. The second kappa shape index (κ2) is 9.16. The summed E-state index contributed by atoms with van der Waals surface area (Å²) in [4.78, 5) is 25.4. The van der Waals surface area contributed by atoms with Gasteiger partial charge in [0.05, 0.1) is 5.56 Å². The summed E-state index contributed by atoms with van der Waals surface area (Å²) in [6.07, 6.45) is 5.17. The number of aryl methyl sites for hydroxylation is 1. The highest BCUT2D eigenvalue weighted by Gasteiger charge is 2.16. The van der Waals surface area contributed by atoms with Gasteiger partial charge in [0.15, 0.2) is 0 Å². The number of aromatic nitrogens is 2. The van der Waals surface area contributed by atoms with Crippen LogP contribution in [0, 0.1) is 6.92 Å². The summed E-state index contributed by atoms with van der Waals surface area (Å²) in [5.41, 5.74) is 2.80. The Bertz CT molecular complexity index is 678. The van der Waals surface area contributed by atoms with Crippen molar-refractivity contribution in [2.75, 3.05) is 24.5 Å². The Labute approximate surface area is 150 Å². The van der Waals surface area contributed by atoms with E-state index in [9.17, 15) is 4.79 Å². The lowest BCUT2D eigenvalue weighted by atomic mass is 10.2. The third kappa shape index (κ3) is 4.78. The standard InChI is InChI=1S/C20H28N4O/c1-5-11-23(12-6-2)19(25)17-14-21-20(22-15-17)24(7-3)18-10-8-9-16(4)13-18/h8-10,13-15H,5-7,11-12H2,1-4H3. The summed E-state index contributed by atoms with van der Waals surface area (Å²) < 4.78 is 0. The molecule has 2 aromatic rings. The van der Waals surface area contributed by atoms with Crippen molar-refractivity contribution >= 4 is 17.5 Å². The van der Waals surface area contributed by atoms with Crippen LogP contribution < -0.4 is 4.90 Å². The lowest BCUT2D eigenvalue weighted by Gasteiger charge is -2.23. The molecular weight excluding hydrogens is 312 g/mol. The van der Waals surface area contributed by atoms with Gasteiger partial charge in [0.2, 0.25) is 5.95 Å². The molecule has 0 saturated heterocycles. The number of nitrogens with zero attached hydrogens (tertiary/aromatic N) is 4. The van der Waals surface area contributed by atoms with E-state index in [1.807, 2.05) is 21.9 Å². The maximum Gasteiger partial charge on any atom is 0.256 e. The number of hydrogen-bond acceptors (Lipinski definition) is 4. The van der Waals surface area contributed by atoms with Gasteiger partial charge >= 0.3 is 0 Å². The first-order valence-corrected chi connectivity index (χ1v) is 9.06. The van der Waals surface area contributed by atoms with E-state index in [0.717, 1.165) is 38.2 Å². The van der Waals surface area contributed by atoms with Crippen molar-refractivity contribution in [2.24, 2.45) is 0 Å². The van der Waals surface area contributed by atoms with Crippen molar-refractivity contribution in [2.45, 2.75) is 40.5 Å². The molecule has 1 amide bonds. The van der Waals surface area contributed by atoms with E-state index in [-0.39, 0.29) is 5.91 Å². The third-order valence-corrected chi connectivity index (χ3v) is 4.03. The van der Waals surface area contributed by atoms with Crippen LogP contribution >= 0.6 is 0 Å². The van der Waals surface area contributed by atoms with Gasteiger partial charge in [0.1, 0.15) is 0 Å². The fourth-order valence-electron chi connectivity index (χ4n) is 2.84. The summed E-state index contributed by atoms with van der Waals surface area (Å²) in [5, 5.41) is 0. The van der Waals surface area contributed by atoms with Gasteiger partial charge in [-0.15, -0.1) is 0 Å². The van der Waals surface area contributed by atoms with Gasteiger partial charge in [-0.05, 0) is 44.4 Å². The summed E-state index contributed by atoms with van der Waals surface area (Å²) in [6.45, 7) is 10.6. The van der Waals surface area contributed by atoms with Gasteiger partial charge in [0, 0.05) is 37.7 Å². The van der Waals surface area contributed by atoms with Crippen LogP contribution in [0.3, 0.4) is 0 Å². The second-order valence-corrected chi connectivity index (χ2v) is 6.15. The summed E-state index contributed by atoms with van der Waals surface area (Å²) in [7, 11) is 0. The van der Waals surface area contributed by atoms with Crippen LogP contribution in [0.5, 0.6) is 0 Å². The quantitative estimate of drug-likeness (QED) is 0.722. The first-order valence-electron chi connectivity index (χ1n) is 9.06. The van der Waals surface area contributed by atoms with Crippen molar-refractivity contribution in [1.29, 1.82) is 0 Å². The predicted molar refractivity (Wildman–Crippen MR) is 102 cm³/mol. The zero-order valence-corrected chi connectivity index (χ0v) is 15.7. The first kappa shape index (κ1) is 18.9. The molecule has 5 heteroatoms. The molecule has 0 radical (unpaired) electrons. The molecule has 0 N–H and O–H groups in total. The molecule has 1 heterocycles. The Morgan fingerprint density at radius 2 is 1.68 bits per heavy atom. The van der Waals surface area contributed by atoms with Gasteiger partial charge in [-0.25, -0.2) is 9.97 Å². The van der Waals surface area contributed by atoms with Gasteiger partial charge in [-0.1, -0.05) is 26.0 Å². The van der Waals surface area contributed by atoms with Gasteiger partial charge < -0.3 is 9.80 Å². The summed E-state index contributed by atoms with van der Waals surface area (Å²) in [6, 6.07) is 8.24. The maximum absolute atomic E-state index is 12.6. The average Bonchev–Trinajstić information content (AvgIpc) is 2.62. The molecule has 0 bridgehead atoms. The van der Waals surface area contributed by atoms with Crippen LogP contribution in [0.4, 0.5) is 11.6 Å². The average molecular weight is 340 g/mol. The van der Waals surface area contributed by atoms with E-state index in [4.69, 9.17) is 0 Å².